The van der Waals surface area contributed by atoms with Crippen molar-refractivity contribution in [3.8, 4) is 0 Å². The van der Waals surface area contributed by atoms with E-state index in [9.17, 15) is 4.79 Å². The molecule has 0 saturated heterocycles. The van der Waals surface area contributed by atoms with E-state index in [2.05, 4.69) is 6.07 Å². The predicted octanol–water partition coefficient (Wildman–Crippen LogP) is 2.29. The van der Waals surface area contributed by atoms with Crippen molar-refractivity contribution in [3.05, 3.63) is 35.4 Å². The summed E-state index contributed by atoms with van der Waals surface area (Å²) < 4.78 is 0. The second-order valence-electron chi connectivity index (χ2n) is 5.22. The van der Waals surface area contributed by atoms with Crippen molar-refractivity contribution in [2.75, 3.05) is 7.05 Å². The Balaban J connectivity index is 1.92. The van der Waals surface area contributed by atoms with Crippen molar-refractivity contribution in [1.29, 1.82) is 0 Å². The number of amides is 1. The van der Waals surface area contributed by atoms with Crippen LogP contribution >= 0.6 is 0 Å². The van der Waals surface area contributed by atoms with Crippen LogP contribution in [0.3, 0.4) is 0 Å². The van der Waals surface area contributed by atoms with Gasteiger partial charge in [0.1, 0.15) is 0 Å². The first-order valence-corrected chi connectivity index (χ1v) is 6.71. The van der Waals surface area contributed by atoms with Crippen LogP contribution < -0.4 is 5.73 Å². The van der Waals surface area contributed by atoms with E-state index in [0.717, 1.165) is 11.1 Å². The molecule has 1 aromatic carbocycles. The molecule has 1 saturated carbocycles. The Morgan fingerprint density at radius 3 is 2.56 bits per heavy atom. The summed E-state index contributed by atoms with van der Waals surface area (Å²) in [5.41, 5.74) is 7.99. The predicted molar refractivity (Wildman–Crippen MR) is 72.8 cm³/mol. The van der Waals surface area contributed by atoms with Crippen molar-refractivity contribution in [2.45, 2.75) is 38.8 Å². The molecule has 3 nitrogen and oxygen atoms in total. The maximum absolute atomic E-state index is 12.0. The summed E-state index contributed by atoms with van der Waals surface area (Å²) in [6, 6.07) is 8.06. The highest BCUT2D eigenvalue weighted by Crippen LogP contribution is 2.29. The monoisotopic (exact) mass is 246 g/mol. The summed E-state index contributed by atoms with van der Waals surface area (Å²) in [6.07, 6.45) is 4.44. The molecule has 3 heteroatoms. The lowest BCUT2D eigenvalue weighted by Gasteiger charge is -2.27. The highest BCUT2D eigenvalue weighted by Gasteiger charge is 2.22. The SMILES string of the molecule is CN(Cc1ccccc1CN)C(=O)CC1CCC1. The molecule has 1 fully saturated rings. The lowest BCUT2D eigenvalue weighted by molar-refractivity contribution is -0.132. The molecule has 1 amide bonds. The van der Waals surface area contributed by atoms with Gasteiger partial charge in [0.25, 0.3) is 0 Å². The van der Waals surface area contributed by atoms with E-state index in [1.54, 1.807) is 0 Å². The fraction of sp³-hybridized carbons (Fsp3) is 0.533. The smallest absolute Gasteiger partial charge is 0.222 e. The van der Waals surface area contributed by atoms with Crippen LogP contribution in [-0.4, -0.2) is 17.9 Å². The summed E-state index contributed by atoms with van der Waals surface area (Å²) in [5, 5.41) is 0. The minimum absolute atomic E-state index is 0.256. The third-order valence-electron chi connectivity index (χ3n) is 3.86. The first-order chi connectivity index (χ1) is 8.70. The Bertz CT molecular complexity index is 413. The third kappa shape index (κ3) is 3.10. The minimum atomic E-state index is 0.256. The summed E-state index contributed by atoms with van der Waals surface area (Å²) in [6.45, 7) is 1.19. The fourth-order valence-corrected chi connectivity index (χ4v) is 2.35. The Morgan fingerprint density at radius 2 is 2.00 bits per heavy atom. The Kier molecular flexibility index (Phi) is 4.37. The van der Waals surface area contributed by atoms with Gasteiger partial charge in [-0.1, -0.05) is 30.7 Å². The van der Waals surface area contributed by atoms with Gasteiger partial charge in [-0.25, -0.2) is 0 Å². The number of carbonyl (C=O) groups excluding carboxylic acids is 1. The van der Waals surface area contributed by atoms with Gasteiger partial charge in [-0.2, -0.15) is 0 Å². The molecule has 0 unspecified atom stereocenters. The van der Waals surface area contributed by atoms with Crippen LogP contribution in [0.4, 0.5) is 0 Å². The molecular weight excluding hydrogens is 224 g/mol. The van der Waals surface area contributed by atoms with Crippen LogP contribution in [0.2, 0.25) is 0 Å². The lowest BCUT2D eigenvalue weighted by atomic mass is 9.82. The number of benzene rings is 1. The highest BCUT2D eigenvalue weighted by atomic mass is 16.2. The number of hydrogen-bond donors (Lipinski definition) is 1. The number of rotatable bonds is 5. The summed E-state index contributed by atoms with van der Waals surface area (Å²) in [5.74, 6) is 0.885. The second kappa shape index (κ2) is 6.01. The van der Waals surface area contributed by atoms with Crippen molar-refractivity contribution >= 4 is 5.91 Å². The van der Waals surface area contributed by atoms with E-state index in [1.165, 1.54) is 19.3 Å². The quantitative estimate of drug-likeness (QED) is 0.866. The maximum atomic E-state index is 12.0. The first-order valence-electron chi connectivity index (χ1n) is 6.71. The van der Waals surface area contributed by atoms with Gasteiger partial charge in [-0.3, -0.25) is 4.79 Å². The van der Waals surface area contributed by atoms with E-state index in [-0.39, 0.29) is 5.91 Å². The van der Waals surface area contributed by atoms with E-state index in [0.29, 0.717) is 25.4 Å². The van der Waals surface area contributed by atoms with Gasteiger partial charge < -0.3 is 10.6 Å². The number of carbonyl (C=O) groups is 1. The molecule has 1 aromatic rings. The molecule has 0 radical (unpaired) electrons. The van der Waals surface area contributed by atoms with Crippen LogP contribution in [0.25, 0.3) is 0 Å². The molecular formula is C15H22N2O. The zero-order valence-electron chi connectivity index (χ0n) is 11.1. The van der Waals surface area contributed by atoms with Crippen LogP contribution in [-0.2, 0) is 17.9 Å². The Morgan fingerprint density at radius 1 is 1.33 bits per heavy atom. The van der Waals surface area contributed by atoms with Gasteiger partial charge in [0.15, 0.2) is 0 Å². The Labute approximate surface area is 109 Å². The summed E-state index contributed by atoms with van der Waals surface area (Å²) >= 11 is 0. The van der Waals surface area contributed by atoms with Crippen LogP contribution in [0.5, 0.6) is 0 Å². The largest absolute Gasteiger partial charge is 0.341 e. The average Bonchev–Trinajstić information content (AvgIpc) is 2.34. The molecule has 0 aliphatic heterocycles. The van der Waals surface area contributed by atoms with Crippen LogP contribution in [0.15, 0.2) is 24.3 Å². The summed E-state index contributed by atoms with van der Waals surface area (Å²) in [7, 11) is 1.88. The molecule has 0 bridgehead atoms. The first kappa shape index (κ1) is 13.1. The van der Waals surface area contributed by atoms with Gasteiger partial charge in [-0.15, -0.1) is 0 Å². The Hall–Kier alpha value is -1.35. The van der Waals surface area contributed by atoms with Gasteiger partial charge in [0.2, 0.25) is 5.91 Å². The molecule has 0 atom stereocenters. The van der Waals surface area contributed by atoms with Crippen molar-refractivity contribution in [3.63, 3.8) is 0 Å². The maximum Gasteiger partial charge on any atom is 0.222 e. The second-order valence-corrected chi connectivity index (χ2v) is 5.22. The van der Waals surface area contributed by atoms with E-state index in [1.807, 2.05) is 30.1 Å². The molecule has 2 N–H and O–H groups in total. The van der Waals surface area contributed by atoms with E-state index >= 15 is 0 Å². The molecule has 0 heterocycles. The molecule has 1 aliphatic rings. The van der Waals surface area contributed by atoms with Gasteiger partial charge in [0.05, 0.1) is 0 Å². The van der Waals surface area contributed by atoms with Crippen LogP contribution in [0.1, 0.15) is 36.8 Å². The van der Waals surface area contributed by atoms with E-state index in [4.69, 9.17) is 5.73 Å². The van der Waals surface area contributed by atoms with Gasteiger partial charge >= 0.3 is 0 Å². The van der Waals surface area contributed by atoms with Crippen molar-refractivity contribution in [1.82, 2.24) is 4.90 Å². The fourth-order valence-electron chi connectivity index (χ4n) is 2.35. The molecule has 98 valence electrons. The molecule has 1 aliphatic carbocycles. The lowest BCUT2D eigenvalue weighted by Crippen LogP contribution is -2.30. The number of hydrogen-bond acceptors (Lipinski definition) is 2. The molecule has 18 heavy (non-hydrogen) atoms. The van der Waals surface area contributed by atoms with Gasteiger partial charge in [0, 0.05) is 26.6 Å². The molecule has 0 spiro atoms. The minimum Gasteiger partial charge on any atom is -0.341 e. The normalized spacial score (nSPS) is 15.2. The topological polar surface area (TPSA) is 46.3 Å². The van der Waals surface area contributed by atoms with Gasteiger partial charge in [-0.05, 0) is 29.9 Å². The summed E-state index contributed by atoms with van der Waals surface area (Å²) in [4.78, 5) is 13.9. The zero-order valence-corrected chi connectivity index (χ0v) is 11.1. The number of nitrogens with two attached hydrogens (primary N) is 1. The third-order valence-corrected chi connectivity index (χ3v) is 3.86. The van der Waals surface area contributed by atoms with Crippen molar-refractivity contribution < 1.29 is 4.79 Å². The average molecular weight is 246 g/mol. The standard InChI is InChI=1S/C15H22N2O/c1-17(15(18)9-12-5-4-6-12)11-14-8-3-2-7-13(14)10-16/h2-3,7-8,12H,4-6,9-11,16H2,1H3. The van der Waals surface area contributed by atoms with Crippen LogP contribution in [0, 0.1) is 5.92 Å². The number of nitrogens with zero attached hydrogens (tertiary/aromatic N) is 1. The molecule has 2 rings (SSSR count). The van der Waals surface area contributed by atoms with Crippen molar-refractivity contribution in [2.24, 2.45) is 11.7 Å². The van der Waals surface area contributed by atoms with E-state index < -0.39 is 0 Å². The molecule has 0 aromatic heterocycles. The zero-order chi connectivity index (χ0) is 13.0. The highest BCUT2D eigenvalue weighted by molar-refractivity contribution is 5.76.